The maximum absolute atomic E-state index is 12.5. The SMILES string of the molecule is CCO[C@](C)(CC)C(=O)Nc1ccc(O[C@H](C)CC)c(C(=O)OC)c1. The fraction of sp³-hybridized carbons (Fsp3) is 0.579. The van der Waals surface area contributed by atoms with E-state index >= 15 is 0 Å². The summed E-state index contributed by atoms with van der Waals surface area (Å²) in [4.78, 5) is 24.6. The summed E-state index contributed by atoms with van der Waals surface area (Å²) in [7, 11) is 1.31. The van der Waals surface area contributed by atoms with E-state index in [0.717, 1.165) is 6.42 Å². The molecule has 6 nitrogen and oxygen atoms in total. The van der Waals surface area contributed by atoms with Gasteiger partial charge in [-0.1, -0.05) is 13.8 Å². The number of nitrogens with one attached hydrogen (secondary N) is 1. The van der Waals surface area contributed by atoms with Crippen LogP contribution in [0.5, 0.6) is 5.75 Å². The molecule has 0 fully saturated rings. The van der Waals surface area contributed by atoms with Crippen LogP contribution in [0.15, 0.2) is 18.2 Å². The average molecular weight is 351 g/mol. The summed E-state index contributed by atoms with van der Waals surface area (Å²) >= 11 is 0. The van der Waals surface area contributed by atoms with Crippen LogP contribution in [0, 0.1) is 0 Å². The second kappa shape index (κ2) is 9.42. The zero-order valence-electron chi connectivity index (χ0n) is 16.0. The molecule has 1 N–H and O–H groups in total. The van der Waals surface area contributed by atoms with Crippen molar-refractivity contribution < 1.29 is 23.8 Å². The fourth-order valence-electron chi connectivity index (χ4n) is 2.19. The van der Waals surface area contributed by atoms with Crippen LogP contribution in [0.1, 0.15) is 57.8 Å². The molecule has 0 spiro atoms. The highest BCUT2D eigenvalue weighted by Crippen LogP contribution is 2.26. The molecule has 0 unspecified atom stereocenters. The monoisotopic (exact) mass is 351 g/mol. The summed E-state index contributed by atoms with van der Waals surface area (Å²) in [5, 5.41) is 2.80. The first-order valence-corrected chi connectivity index (χ1v) is 8.65. The van der Waals surface area contributed by atoms with E-state index in [1.165, 1.54) is 7.11 Å². The van der Waals surface area contributed by atoms with Crippen LogP contribution in [0.2, 0.25) is 0 Å². The van der Waals surface area contributed by atoms with Crippen molar-refractivity contribution in [1.29, 1.82) is 0 Å². The van der Waals surface area contributed by atoms with Crippen LogP contribution < -0.4 is 10.1 Å². The van der Waals surface area contributed by atoms with Crippen molar-refractivity contribution in [2.24, 2.45) is 0 Å². The van der Waals surface area contributed by atoms with Crippen molar-refractivity contribution in [2.45, 2.75) is 59.2 Å². The molecule has 0 saturated carbocycles. The lowest BCUT2D eigenvalue weighted by Gasteiger charge is -2.27. The third kappa shape index (κ3) is 5.46. The number of anilines is 1. The minimum absolute atomic E-state index is 0.0369. The standard InChI is InChI=1S/C19H29NO5/c1-7-13(4)25-16-11-10-14(12-15(16)17(21)23-6)20-18(22)19(5,8-2)24-9-3/h10-13H,7-9H2,1-6H3,(H,20,22)/t13-,19-/m1/s1. The number of methoxy groups -OCH3 is 1. The predicted molar refractivity (Wildman–Crippen MR) is 97.1 cm³/mol. The Morgan fingerprint density at radius 1 is 1.24 bits per heavy atom. The first-order chi connectivity index (χ1) is 11.8. The van der Waals surface area contributed by atoms with Gasteiger partial charge in [-0.2, -0.15) is 0 Å². The van der Waals surface area contributed by atoms with Crippen molar-refractivity contribution >= 4 is 17.6 Å². The van der Waals surface area contributed by atoms with Crippen LogP contribution in [0.3, 0.4) is 0 Å². The molecule has 25 heavy (non-hydrogen) atoms. The van der Waals surface area contributed by atoms with Crippen LogP contribution >= 0.6 is 0 Å². The van der Waals surface area contributed by atoms with E-state index in [-0.39, 0.29) is 17.6 Å². The quantitative estimate of drug-likeness (QED) is 0.685. The summed E-state index contributed by atoms with van der Waals surface area (Å²) in [6.45, 7) is 9.83. The van der Waals surface area contributed by atoms with E-state index in [4.69, 9.17) is 14.2 Å². The van der Waals surface area contributed by atoms with Gasteiger partial charge in [0.1, 0.15) is 16.9 Å². The number of esters is 1. The Bertz CT molecular complexity index is 601. The van der Waals surface area contributed by atoms with Gasteiger partial charge in [0, 0.05) is 12.3 Å². The van der Waals surface area contributed by atoms with Crippen LogP contribution in [0.4, 0.5) is 5.69 Å². The van der Waals surface area contributed by atoms with Gasteiger partial charge in [0.25, 0.3) is 5.91 Å². The van der Waals surface area contributed by atoms with Crippen molar-refractivity contribution in [3.8, 4) is 5.75 Å². The molecule has 140 valence electrons. The lowest BCUT2D eigenvalue weighted by Crippen LogP contribution is -2.42. The highest BCUT2D eigenvalue weighted by Gasteiger charge is 2.32. The van der Waals surface area contributed by atoms with Gasteiger partial charge >= 0.3 is 5.97 Å². The van der Waals surface area contributed by atoms with Gasteiger partial charge in [0.15, 0.2) is 0 Å². The van der Waals surface area contributed by atoms with Gasteiger partial charge in [-0.05, 0) is 51.8 Å². The molecule has 1 aromatic carbocycles. The molecule has 0 bridgehead atoms. The van der Waals surface area contributed by atoms with E-state index in [1.807, 2.05) is 27.7 Å². The number of ether oxygens (including phenoxy) is 3. The average Bonchev–Trinajstić information content (AvgIpc) is 2.61. The molecule has 1 rings (SSSR count). The number of benzene rings is 1. The smallest absolute Gasteiger partial charge is 0.341 e. The van der Waals surface area contributed by atoms with E-state index < -0.39 is 11.6 Å². The Balaban J connectivity index is 3.09. The molecular weight excluding hydrogens is 322 g/mol. The Hall–Kier alpha value is -2.08. The van der Waals surface area contributed by atoms with Crippen molar-refractivity contribution in [3.05, 3.63) is 23.8 Å². The topological polar surface area (TPSA) is 73.9 Å². The molecule has 0 aliphatic carbocycles. The van der Waals surface area contributed by atoms with Gasteiger partial charge in [-0.3, -0.25) is 4.79 Å². The molecule has 0 saturated heterocycles. The zero-order chi connectivity index (χ0) is 19.0. The van der Waals surface area contributed by atoms with Crippen LogP contribution in [-0.4, -0.2) is 37.3 Å². The number of hydrogen-bond donors (Lipinski definition) is 1. The molecule has 0 heterocycles. The van der Waals surface area contributed by atoms with Gasteiger partial charge in [-0.15, -0.1) is 0 Å². The highest BCUT2D eigenvalue weighted by atomic mass is 16.5. The minimum atomic E-state index is -0.925. The molecular formula is C19H29NO5. The first kappa shape index (κ1) is 21.0. The molecule has 0 aromatic heterocycles. The number of hydrogen-bond acceptors (Lipinski definition) is 5. The maximum Gasteiger partial charge on any atom is 0.341 e. The van der Waals surface area contributed by atoms with Gasteiger partial charge in [0.2, 0.25) is 0 Å². The third-order valence-electron chi connectivity index (χ3n) is 4.16. The van der Waals surface area contributed by atoms with Crippen molar-refractivity contribution in [2.75, 3.05) is 19.0 Å². The van der Waals surface area contributed by atoms with E-state index in [1.54, 1.807) is 25.1 Å². The summed E-state index contributed by atoms with van der Waals surface area (Å²) in [6, 6.07) is 4.92. The summed E-state index contributed by atoms with van der Waals surface area (Å²) in [5.41, 5.74) is -0.164. The van der Waals surface area contributed by atoms with E-state index in [2.05, 4.69) is 5.32 Å². The number of amides is 1. The van der Waals surface area contributed by atoms with E-state index in [9.17, 15) is 9.59 Å². The zero-order valence-corrected chi connectivity index (χ0v) is 16.0. The van der Waals surface area contributed by atoms with Crippen molar-refractivity contribution in [3.63, 3.8) is 0 Å². The molecule has 0 radical (unpaired) electrons. The Labute approximate surface area is 149 Å². The molecule has 0 aliphatic heterocycles. The number of carbonyl (C=O) groups is 2. The number of rotatable bonds is 9. The molecule has 1 aromatic rings. The normalized spacial score (nSPS) is 14.3. The lowest BCUT2D eigenvalue weighted by molar-refractivity contribution is -0.139. The summed E-state index contributed by atoms with van der Waals surface area (Å²) in [6.07, 6.45) is 1.30. The maximum atomic E-state index is 12.5. The molecule has 1 amide bonds. The van der Waals surface area contributed by atoms with Gasteiger partial charge in [0.05, 0.1) is 13.2 Å². The Kier molecular flexibility index (Phi) is 7.90. The minimum Gasteiger partial charge on any atom is -0.490 e. The second-order valence-corrected chi connectivity index (χ2v) is 6.01. The fourth-order valence-corrected chi connectivity index (χ4v) is 2.19. The Morgan fingerprint density at radius 3 is 2.44 bits per heavy atom. The first-order valence-electron chi connectivity index (χ1n) is 8.65. The third-order valence-corrected chi connectivity index (χ3v) is 4.16. The molecule has 0 aliphatic rings. The molecule has 6 heteroatoms. The predicted octanol–water partition coefficient (Wildman–Crippen LogP) is 3.79. The lowest BCUT2D eigenvalue weighted by atomic mass is 10.0. The van der Waals surface area contributed by atoms with Crippen molar-refractivity contribution in [1.82, 2.24) is 0 Å². The highest BCUT2D eigenvalue weighted by molar-refractivity contribution is 5.99. The van der Waals surface area contributed by atoms with Gasteiger partial charge < -0.3 is 19.5 Å². The van der Waals surface area contributed by atoms with Crippen LogP contribution in [-0.2, 0) is 14.3 Å². The largest absolute Gasteiger partial charge is 0.490 e. The summed E-state index contributed by atoms with van der Waals surface area (Å²) < 4.78 is 16.2. The van der Waals surface area contributed by atoms with E-state index in [0.29, 0.717) is 24.5 Å². The number of carbonyl (C=O) groups excluding carboxylic acids is 2. The second-order valence-electron chi connectivity index (χ2n) is 6.01. The van der Waals surface area contributed by atoms with Gasteiger partial charge in [-0.25, -0.2) is 4.79 Å². The summed E-state index contributed by atoms with van der Waals surface area (Å²) in [5.74, 6) is -0.344. The molecule has 2 atom stereocenters. The van der Waals surface area contributed by atoms with Crippen LogP contribution in [0.25, 0.3) is 0 Å². The Morgan fingerprint density at radius 2 is 1.92 bits per heavy atom.